The largest absolute Gasteiger partial charge is 0.361 e. The molecule has 3 rings (SSSR count). The lowest BCUT2D eigenvalue weighted by atomic mass is 9.85. The third kappa shape index (κ3) is 2.80. The highest BCUT2D eigenvalue weighted by molar-refractivity contribution is 5.80. The Morgan fingerprint density at radius 3 is 2.95 bits per heavy atom. The van der Waals surface area contributed by atoms with Crippen molar-refractivity contribution in [2.75, 3.05) is 13.1 Å². The molecule has 0 aromatic carbocycles. The van der Waals surface area contributed by atoms with Crippen molar-refractivity contribution in [3.63, 3.8) is 0 Å². The molecule has 1 aromatic rings. The molecule has 0 spiro atoms. The van der Waals surface area contributed by atoms with Crippen molar-refractivity contribution in [2.45, 2.75) is 45.6 Å². The van der Waals surface area contributed by atoms with Crippen molar-refractivity contribution < 1.29 is 14.1 Å². The van der Waals surface area contributed by atoms with Gasteiger partial charge in [0.15, 0.2) is 0 Å². The quantitative estimate of drug-likeness (QED) is 0.880. The predicted molar refractivity (Wildman–Crippen MR) is 75.5 cm³/mol. The standard InChI is InChI=1S/C15H21N3O3/c1-9-12(10(2)21-17-9)7-15(20)18-6-5-13-11(8-18)3-4-14(19)16-13/h11,13H,3-8H2,1-2H3,(H,16,19). The maximum absolute atomic E-state index is 12.5. The Bertz CT molecular complexity index is 547. The number of aromatic nitrogens is 1. The van der Waals surface area contributed by atoms with Gasteiger partial charge in [0.2, 0.25) is 11.8 Å². The van der Waals surface area contributed by atoms with Crippen LogP contribution in [0.4, 0.5) is 0 Å². The number of hydrogen-bond donors (Lipinski definition) is 1. The summed E-state index contributed by atoms with van der Waals surface area (Å²) in [6.07, 6.45) is 2.66. The molecule has 6 heteroatoms. The third-order valence-electron chi connectivity index (χ3n) is 4.68. The van der Waals surface area contributed by atoms with Crippen LogP contribution in [0, 0.1) is 19.8 Å². The Morgan fingerprint density at radius 1 is 1.43 bits per heavy atom. The van der Waals surface area contributed by atoms with Gasteiger partial charge in [0.05, 0.1) is 12.1 Å². The fourth-order valence-electron chi connectivity index (χ4n) is 3.35. The van der Waals surface area contributed by atoms with E-state index in [1.54, 1.807) is 0 Å². The first-order valence-electron chi connectivity index (χ1n) is 7.53. The number of nitrogens with zero attached hydrogens (tertiary/aromatic N) is 2. The molecule has 0 bridgehead atoms. The fourth-order valence-corrected chi connectivity index (χ4v) is 3.35. The number of rotatable bonds is 2. The van der Waals surface area contributed by atoms with E-state index in [1.165, 1.54) is 0 Å². The third-order valence-corrected chi connectivity index (χ3v) is 4.68. The Hall–Kier alpha value is -1.85. The van der Waals surface area contributed by atoms with Crippen molar-refractivity contribution in [1.29, 1.82) is 0 Å². The van der Waals surface area contributed by atoms with E-state index in [1.807, 2.05) is 18.7 Å². The summed E-state index contributed by atoms with van der Waals surface area (Å²) in [5.74, 6) is 1.39. The van der Waals surface area contributed by atoms with Gasteiger partial charge in [-0.15, -0.1) is 0 Å². The number of likely N-dealkylation sites (tertiary alicyclic amines) is 1. The summed E-state index contributed by atoms with van der Waals surface area (Å²) in [7, 11) is 0. The molecule has 0 saturated carbocycles. The van der Waals surface area contributed by atoms with E-state index in [2.05, 4.69) is 10.5 Å². The van der Waals surface area contributed by atoms with E-state index < -0.39 is 0 Å². The maximum Gasteiger partial charge on any atom is 0.227 e. The maximum atomic E-state index is 12.5. The second kappa shape index (κ2) is 5.50. The minimum Gasteiger partial charge on any atom is -0.361 e. The molecule has 114 valence electrons. The molecule has 6 nitrogen and oxygen atoms in total. The molecule has 2 amide bonds. The van der Waals surface area contributed by atoms with Crippen LogP contribution in [-0.4, -0.2) is 41.0 Å². The summed E-state index contributed by atoms with van der Waals surface area (Å²) in [6.45, 7) is 5.16. The van der Waals surface area contributed by atoms with Gasteiger partial charge in [-0.1, -0.05) is 5.16 Å². The Balaban J connectivity index is 1.63. The van der Waals surface area contributed by atoms with Gasteiger partial charge in [-0.05, 0) is 32.6 Å². The topological polar surface area (TPSA) is 75.4 Å². The molecule has 2 atom stereocenters. The second-order valence-corrected chi connectivity index (χ2v) is 6.08. The van der Waals surface area contributed by atoms with Gasteiger partial charge in [0.25, 0.3) is 0 Å². The number of fused-ring (bicyclic) bond motifs is 1. The number of piperidine rings is 2. The van der Waals surface area contributed by atoms with E-state index in [-0.39, 0.29) is 17.9 Å². The molecule has 2 unspecified atom stereocenters. The van der Waals surface area contributed by atoms with Crippen molar-refractivity contribution in [2.24, 2.45) is 5.92 Å². The number of aryl methyl sites for hydroxylation is 2. The molecule has 0 aliphatic carbocycles. The number of carbonyl (C=O) groups is 2. The molecular weight excluding hydrogens is 270 g/mol. The van der Waals surface area contributed by atoms with Crippen LogP contribution in [0.25, 0.3) is 0 Å². The van der Waals surface area contributed by atoms with Crippen LogP contribution in [0.5, 0.6) is 0 Å². The van der Waals surface area contributed by atoms with E-state index in [9.17, 15) is 9.59 Å². The zero-order chi connectivity index (χ0) is 15.0. The van der Waals surface area contributed by atoms with Crippen LogP contribution in [0.15, 0.2) is 4.52 Å². The molecule has 2 fully saturated rings. The molecule has 3 heterocycles. The summed E-state index contributed by atoms with van der Waals surface area (Å²) in [4.78, 5) is 25.8. The second-order valence-electron chi connectivity index (χ2n) is 6.08. The smallest absolute Gasteiger partial charge is 0.227 e. The molecule has 1 aromatic heterocycles. The highest BCUT2D eigenvalue weighted by Gasteiger charge is 2.35. The zero-order valence-electron chi connectivity index (χ0n) is 12.5. The first-order valence-corrected chi connectivity index (χ1v) is 7.53. The van der Waals surface area contributed by atoms with E-state index in [4.69, 9.17) is 4.52 Å². The number of amides is 2. The van der Waals surface area contributed by atoms with E-state index in [0.29, 0.717) is 25.3 Å². The molecule has 1 N–H and O–H groups in total. The minimum atomic E-state index is 0.125. The highest BCUT2D eigenvalue weighted by Crippen LogP contribution is 2.26. The van der Waals surface area contributed by atoms with Crippen molar-refractivity contribution >= 4 is 11.8 Å². The van der Waals surface area contributed by atoms with Gasteiger partial charge in [-0.3, -0.25) is 9.59 Å². The number of hydrogen-bond acceptors (Lipinski definition) is 4. The Labute approximate surface area is 123 Å². The van der Waals surface area contributed by atoms with Crippen LogP contribution < -0.4 is 5.32 Å². The predicted octanol–water partition coefficient (Wildman–Crippen LogP) is 0.961. The van der Waals surface area contributed by atoms with Gasteiger partial charge in [-0.2, -0.15) is 0 Å². The molecular formula is C15H21N3O3. The molecule has 2 aliphatic heterocycles. The van der Waals surface area contributed by atoms with Gasteiger partial charge in [0, 0.05) is 31.1 Å². The summed E-state index contributed by atoms with van der Waals surface area (Å²) in [6, 6.07) is 0.245. The van der Waals surface area contributed by atoms with Crippen LogP contribution >= 0.6 is 0 Å². The Morgan fingerprint density at radius 2 is 2.24 bits per heavy atom. The lowest BCUT2D eigenvalue weighted by Crippen LogP contribution is -2.55. The van der Waals surface area contributed by atoms with Crippen molar-refractivity contribution in [3.05, 3.63) is 17.0 Å². The van der Waals surface area contributed by atoms with Gasteiger partial charge < -0.3 is 14.7 Å². The van der Waals surface area contributed by atoms with Crippen LogP contribution in [-0.2, 0) is 16.0 Å². The summed E-state index contributed by atoms with van der Waals surface area (Å²) in [5.41, 5.74) is 1.69. The van der Waals surface area contributed by atoms with Gasteiger partial charge >= 0.3 is 0 Å². The molecule has 2 aliphatic rings. The van der Waals surface area contributed by atoms with Crippen LogP contribution in [0.1, 0.15) is 36.3 Å². The molecule has 0 radical (unpaired) electrons. The summed E-state index contributed by atoms with van der Waals surface area (Å²) in [5, 5.41) is 6.93. The van der Waals surface area contributed by atoms with Gasteiger partial charge in [0.1, 0.15) is 5.76 Å². The monoisotopic (exact) mass is 291 g/mol. The van der Waals surface area contributed by atoms with Crippen LogP contribution in [0.3, 0.4) is 0 Å². The Kier molecular flexibility index (Phi) is 3.69. The molecule has 2 saturated heterocycles. The average Bonchev–Trinajstić information content (AvgIpc) is 2.78. The fraction of sp³-hybridized carbons (Fsp3) is 0.667. The normalized spacial score (nSPS) is 25.4. The van der Waals surface area contributed by atoms with E-state index in [0.717, 1.165) is 36.4 Å². The number of nitrogens with one attached hydrogen (secondary N) is 1. The first kappa shape index (κ1) is 14.1. The first-order chi connectivity index (χ1) is 10.0. The SMILES string of the molecule is Cc1noc(C)c1CC(=O)N1CCC2NC(=O)CCC2C1. The number of carbonyl (C=O) groups excluding carboxylic acids is 2. The summed E-state index contributed by atoms with van der Waals surface area (Å²) < 4.78 is 5.11. The molecule has 21 heavy (non-hydrogen) atoms. The van der Waals surface area contributed by atoms with Crippen LogP contribution in [0.2, 0.25) is 0 Å². The average molecular weight is 291 g/mol. The van der Waals surface area contributed by atoms with Crippen molar-refractivity contribution in [1.82, 2.24) is 15.4 Å². The lowest BCUT2D eigenvalue weighted by Gasteiger charge is -2.41. The lowest BCUT2D eigenvalue weighted by molar-refractivity contribution is -0.134. The van der Waals surface area contributed by atoms with E-state index >= 15 is 0 Å². The minimum absolute atomic E-state index is 0.125. The summed E-state index contributed by atoms with van der Waals surface area (Å²) >= 11 is 0. The zero-order valence-corrected chi connectivity index (χ0v) is 12.5. The van der Waals surface area contributed by atoms with Gasteiger partial charge in [-0.25, -0.2) is 0 Å². The van der Waals surface area contributed by atoms with Crippen molar-refractivity contribution in [3.8, 4) is 0 Å². The highest BCUT2D eigenvalue weighted by atomic mass is 16.5.